The molecule has 7 nitrogen and oxygen atoms in total. The number of nitrogens with one attached hydrogen (secondary N) is 1. The summed E-state index contributed by atoms with van der Waals surface area (Å²) in [5.74, 6) is 0. The lowest BCUT2D eigenvalue weighted by Gasteiger charge is -2.37. The van der Waals surface area contributed by atoms with Crippen molar-refractivity contribution in [3.05, 3.63) is 30.3 Å². The van der Waals surface area contributed by atoms with E-state index in [1.807, 2.05) is 17.9 Å². The Kier molecular flexibility index (Phi) is 5.66. The quantitative estimate of drug-likeness (QED) is 0.808. The Morgan fingerprint density at radius 2 is 1.61 bits per heavy atom. The van der Waals surface area contributed by atoms with Crippen LogP contribution in [0.4, 0.5) is 5.69 Å². The van der Waals surface area contributed by atoms with Gasteiger partial charge in [0, 0.05) is 31.9 Å². The van der Waals surface area contributed by atoms with Crippen LogP contribution < -0.4 is 4.72 Å². The minimum atomic E-state index is -3.57. The molecule has 1 saturated heterocycles. The Morgan fingerprint density at radius 1 is 1.04 bits per heavy atom. The Morgan fingerprint density at radius 3 is 2.09 bits per heavy atom. The summed E-state index contributed by atoms with van der Waals surface area (Å²) in [6, 6.07) is 8.75. The van der Waals surface area contributed by atoms with Gasteiger partial charge >= 0.3 is 0 Å². The number of para-hydroxylation sites is 1. The van der Waals surface area contributed by atoms with Gasteiger partial charge in [-0.3, -0.25) is 9.62 Å². The van der Waals surface area contributed by atoms with E-state index in [9.17, 15) is 16.8 Å². The van der Waals surface area contributed by atoms with Gasteiger partial charge in [0.25, 0.3) is 0 Å². The second-order valence-corrected chi connectivity index (χ2v) is 9.39. The minimum Gasteiger partial charge on any atom is -0.283 e. The molecule has 2 rings (SSSR count). The van der Waals surface area contributed by atoms with Crippen molar-refractivity contribution in [1.29, 1.82) is 0 Å². The van der Waals surface area contributed by atoms with E-state index in [1.165, 1.54) is 10.6 Å². The van der Waals surface area contributed by atoms with Gasteiger partial charge in [0.2, 0.25) is 20.0 Å². The molecule has 0 aliphatic carbocycles. The molecule has 0 spiro atoms. The van der Waals surface area contributed by atoms with E-state index in [2.05, 4.69) is 4.72 Å². The van der Waals surface area contributed by atoms with E-state index in [0.717, 1.165) is 0 Å². The summed E-state index contributed by atoms with van der Waals surface area (Å²) >= 11 is 0. The summed E-state index contributed by atoms with van der Waals surface area (Å²) in [5, 5.41) is -0.676. The highest BCUT2D eigenvalue weighted by Gasteiger charge is 2.34. The van der Waals surface area contributed by atoms with Crippen LogP contribution in [0.5, 0.6) is 0 Å². The van der Waals surface area contributed by atoms with Gasteiger partial charge < -0.3 is 0 Å². The summed E-state index contributed by atoms with van der Waals surface area (Å²) < 4.78 is 52.3. The number of hydrogen-bond donors (Lipinski definition) is 1. The molecule has 1 aliphatic heterocycles. The lowest BCUT2D eigenvalue weighted by molar-refractivity contribution is 0.170. The predicted octanol–water partition coefficient (Wildman–Crippen LogP) is 0.742. The summed E-state index contributed by atoms with van der Waals surface area (Å²) in [6.45, 7) is 3.26. The van der Waals surface area contributed by atoms with Crippen molar-refractivity contribution >= 4 is 25.7 Å². The number of sulfonamides is 2. The molecule has 1 unspecified atom stereocenters. The average Bonchev–Trinajstić information content (AvgIpc) is 2.48. The number of nitrogens with zero attached hydrogens (tertiary/aromatic N) is 2. The molecule has 23 heavy (non-hydrogen) atoms. The second-order valence-electron chi connectivity index (χ2n) is 5.57. The van der Waals surface area contributed by atoms with Crippen molar-refractivity contribution in [3.8, 4) is 0 Å². The molecule has 1 aromatic rings. The maximum Gasteiger partial charge on any atom is 0.249 e. The van der Waals surface area contributed by atoms with E-state index in [1.54, 1.807) is 24.3 Å². The molecule has 0 bridgehead atoms. The monoisotopic (exact) mass is 361 g/mol. The number of anilines is 1. The highest BCUT2D eigenvalue weighted by atomic mass is 32.2. The van der Waals surface area contributed by atoms with E-state index < -0.39 is 25.4 Å². The van der Waals surface area contributed by atoms with Gasteiger partial charge in [-0.1, -0.05) is 25.1 Å². The molecule has 1 fully saturated rings. The highest BCUT2D eigenvalue weighted by molar-refractivity contribution is 7.93. The van der Waals surface area contributed by atoms with Crippen LogP contribution in [0.15, 0.2) is 30.3 Å². The molecule has 0 amide bonds. The van der Waals surface area contributed by atoms with Crippen LogP contribution in [-0.4, -0.2) is 63.8 Å². The van der Waals surface area contributed by atoms with Gasteiger partial charge in [0.15, 0.2) is 0 Å². The van der Waals surface area contributed by atoms with Crippen molar-refractivity contribution < 1.29 is 16.8 Å². The van der Waals surface area contributed by atoms with Gasteiger partial charge in [-0.15, -0.1) is 0 Å². The predicted molar refractivity (Wildman–Crippen MR) is 91.1 cm³/mol. The average molecular weight is 361 g/mol. The van der Waals surface area contributed by atoms with Crippen molar-refractivity contribution in [3.63, 3.8) is 0 Å². The summed E-state index contributed by atoms with van der Waals surface area (Å²) in [4.78, 5) is 1.83. The van der Waals surface area contributed by atoms with Crippen LogP contribution in [0, 0.1) is 0 Å². The summed E-state index contributed by atoms with van der Waals surface area (Å²) in [7, 11) is -6.79. The fourth-order valence-corrected chi connectivity index (χ4v) is 5.20. The lowest BCUT2D eigenvalue weighted by Crippen LogP contribution is -2.54. The molecule has 1 heterocycles. The molecule has 0 saturated carbocycles. The SMILES string of the molecule is CCC(N1CCN(S(C)(=O)=O)CC1)S(=O)(=O)Nc1ccccc1. The molecule has 1 N–H and O–H groups in total. The van der Waals surface area contributed by atoms with E-state index in [-0.39, 0.29) is 0 Å². The molecule has 0 radical (unpaired) electrons. The molecule has 9 heteroatoms. The number of piperazine rings is 1. The molecule has 1 aromatic carbocycles. The van der Waals surface area contributed by atoms with Crippen LogP contribution in [-0.2, 0) is 20.0 Å². The zero-order chi connectivity index (χ0) is 17.1. The minimum absolute atomic E-state index is 0.316. The van der Waals surface area contributed by atoms with Gasteiger partial charge in [-0.2, -0.15) is 4.31 Å². The first-order valence-electron chi connectivity index (χ1n) is 7.50. The third-order valence-corrected chi connectivity index (χ3v) is 7.06. The standard InChI is InChI=1S/C14H23N3O4S2/c1-3-14(16-9-11-17(12-10-16)22(2,18)19)23(20,21)15-13-7-5-4-6-8-13/h4-8,14-15H,3,9-12H2,1-2H3. The molecule has 0 aromatic heterocycles. The van der Waals surface area contributed by atoms with Crippen molar-refractivity contribution in [1.82, 2.24) is 9.21 Å². The maximum absolute atomic E-state index is 12.6. The first-order valence-corrected chi connectivity index (χ1v) is 10.9. The second kappa shape index (κ2) is 7.16. The van der Waals surface area contributed by atoms with Gasteiger partial charge in [-0.05, 0) is 18.6 Å². The van der Waals surface area contributed by atoms with Crippen LogP contribution >= 0.6 is 0 Å². The first-order chi connectivity index (χ1) is 10.7. The molecule has 1 aliphatic rings. The number of hydrogen-bond acceptors (Lipinski definition) is 5. The topological polar surface area (TPSA) is 86.8 Å². The third kappa shape index (κ3) is 4.66. The van der Waals surface area contributed by atoms with Crippen LogP contribution in [0.3, 0.4) is 0 Å². The van der Waals surface area contributed by atoms with Gasteiger partial charge in [0.1, 0.15) is 5.37 Å². The van der Waals surface area contributed by atoms with Gasteiger partial charge in [-0.25, -0.2) is 16.8 Å². The zero-order valence-corrected chi connectivity index (χ0v) is 15.0. The normalized spacial score (nSPS) is 19.4. The van der Waals surface area contributed by atoms with Crippen LogP contribution in [0.2, 0.25) is 0 Å². The molecule has 130 valence electrons. The molecule has 1 atom stereocenters. The van der Waals surface area contributed by atoms with Gasteiger partial charge in [0.05, 0.1) is 6.26 Å². The first kappa shape index (κ1) is 18.2. The van der Waals surface area contributed by atoms with E-state index >= 15 is 0 Å². The Bertz CT molecular complexity index is 712. The Labute approximate surface area is 138 Å². The summed E-state index contributed by atoms with van der Waals surface area (Å²) in [5.41, 5.74) is 0.528. The van der Waals surface area contributed by atoms with Crippen LogP contribution in [0.1, 0.15) is 13.3 Å². The Balaban J connectivity index is 2.08. The molecular weight excluding hydrogens is 338 g/mol. The Hall–Kier alpha value is -1.16. The molecular formula is C14H23N3O4S2. The number of rotatable bonds is 6. The van der Waals surface area contributed by atoms with Crippen molar-refractivity contribution in [2.45, 2.75) is 18.7 Å². The summed E-state index contributed by atoms with van der Waals surface area (Å²) in [6.07, 6.45) is 1.61. The van der Waals surface area contributed by atoms with Crippen LogP contribution in [0.25, 0.3) is 0 Å². The largest absolute Gasteiger partial charge is 0.283 e. The lowest BCUT2D eigenvalue weighted by atomic mass is 10.3. The zero-order valence-electron chi connectivity index (χ0n) is 13.3. The van der Waals surface area contributed by atoms with E-state index in [0.29, 0.717) is 38.3 Å². The highest BCUT2D eigenvalue weighted by Crippen LogP contribution is 2.19. The van der Waals surface area contributed by atoms with Crippen molar-refractivity contribution in [2.75, 3.05) is 37.2 Å². The van der Waals surface area contributed by atoms with E-state index in [4.69, 9.17) is 0 Å². The smallest absolute Gasteiger partial charge is 0.249 e. The third-order valence-electron chi connectivity index (χ3n) is 3.89. The fourth-order valence-electron chi connectivity index (χ4n) is 2.74. The maximum atomic E-state index is 12.6. The fraction of sp³-hybridized carbons (Fsp3) is 0.571. The van der Waals surface area contributed by atoms with Crippen molar-refractivity contribution in [2.24, 2.45) is 0 Å². The number of benzene rings is 1.